The van der Waals surface area contributed by atoms with E-state index in [1.165, 1.54) is 11.6 Å². The number of hydrogen-bond donors (Lipinski definition) is 1. The van der Waals surface area contributed by atoms with Gasteiger partial charge in [-0.05, 0) is 48.4 Å². The highest BCUT2D eigenvalue weighted by molar-refractivity contribution is 5.82. The molecule has 1 atom stereocenters. The quantitative estimate of drug-likeness (QED) is 0.699. The van der Waals surface area contributed by atoms with Crippen LogP contribution in [0.5, 0.6) is 17.2 Å². The number of methoxy groups -OCH3 is 2. The molecule has 1 aromatic heterocycles. The smallest absolute Gasteiger partial charge is 0.339 e. The summed E-state index contributed by atoms with van der Waals surface area (Å²) in [7, 11) is 3.26. The molecule has 27 heavy (non-hydrogen) atoms. The molecule has 0 amide bonds. The van der Waals surface area contributed by atoms with Crippen molar-refractivity contribution in [3.63, 3.8) is 0 Å². The maximum atomic E-state index is 11.8. The molecule has 0 aliphatic carbocycles. The molecule has 4 rings (SSSR count). The van der Waals surface area contributed by atoms with E-state index in [0.29, 0.717) is 23.7 Å². The summed E-state index contributed by atoms with van der Waals surface area (Å²) in [6.07, 6.45) is 0.907. The molecule has 0 bridgehead atoms. The molecule has 6 heteroatoms. The van der Waals surface area contributed by atoms with Crippen molar-refractivity contribution in [1.82, 2.24) is 5.32 Å². The summed E-state index contributed by atoms with van der Waals surface area (Å²) in [6.45, 7) is 1.23. The standard InChI is InChI=1S/C21H21NO5/c1-24-19-9-13-7-8-22-16(15(13)10-20(19)25-2)12-26-18-11-21(23)27-17-6-4-3-5-14(17)18/h3-6,9-11,16,22H,7-8,12H2,1-2H3. The second-order valence-corrected chi connectivity index (χ2v) is 6.40. The van der Waals surface area contributed by atoms with Crippen molar-refractivity contribution in [2.75, 3.05) is 27.4 Å². The van der Waals surface area contributed by atoms with E-state index < -0.39 is 5.63 Å². The predicted octanol–water partition coefficient (Wildman–Crippen LogP) is 3.08. The van der Waals surface area contributed by atoms with E-state index >= 15 is 0 Å². The molecule has 3 aromatic rings. The molecule has 1 unspecified atom stereocenters. The Labute approximate surface area is 156 Å². The number of ether oxygens (including phenoxy) is 3. The number of hydrogen-bond acceptors (Lipinski definition) is 6. The van der Waals surface area contributed by atoms with Crippen LogP contribution in [0, 0.1) is 0 Å². The summed E-state index contributed by atoms with van der Waals surface area (Å²) >= 11 is 0. The van der Waals surface area contributed by atoms with Gasteiger partial charge in [-0.15, -0.1) is 0 Å². The second-order valence-electron chi connectivity index (χ2n) is 6.40. The molecule has 1 aliphatic rings. The van der Waals surface area contributed by atoms with Crippen molar-refractivity contribution in [3.8, 4) is 17.2 Å². The first-order valence-corrected chi connectivity index (χ1v) is 8.83. The zero-order chi connectivity index (χ0) is 18.8. The van der Waals surface area contributed by atoms with Crippen molar-refractivity contribution < 1.29 is 18.6 Å². The van der Waals surface area contributed by atoms with Crippen LogP contribution in [0.25, 0.3) is 11.0 Å². The molecule has 0 saturated heterocycles. The van der Waals surface area contributed by atoms with Crippen molar-refractivity contribution >= 4 is 11.0 Å². The summed E-state index contributed by atoms with van der Waals surface area (Å²) in [6, 6.07) is 12.7. The molecule has 2 heterocycles. The number of nitrogens with one attached hydrogen (secondary N) is 1. The minimum Gasteiger partial charge on any atom is -0.493 e. The van der Waals surface area contributed by atoms with Gasteiger partial charge in [0.2, 0.25) is 0 Å². The Morgan fingerprint density at radius 2 is 1.85 bits per heavy atom. The van der Waals surface area contributed by atoms with E-state index in [4.69, 9.17) is 18.6 Å². The Morgan fingerprint density at radius 3 is 2.67 bits per heavy atom. The fourth-order valence-electron chi connectivity index (χ4n) is 3.49. The lowest BCUT2D eigenvalue weighted by Gasteiger charge is -2.28. The second kappa shape index (κ2) is 7.32. The minimum absolute atomic E-state index is 0.0143. The third-order valence-corrected chi connectivity index (χ3v) is 4.82. The summed E-state index contributed by atoms with van der Waals surface area (Å²) in [5.41, 5.74) is 2.42. The van der Waals surface area contributed by atoms with E-state index in [0.717, 1.165) is 29.7 Å². The van der Waals surface area contributed by atoms with Gasteiger partial charge in [0.1, 0.15) is 17.9 Å². The van der Waals surface area contributed by atoms with Crippen LogP contribution >= 0.6 is 0 Å². The van der Waals surface area contributed by atoms with Gasteiger partial charge >= 0.3 is 5.63 Å². The molecule has 1 N–H and O–H groups in total. The minimum atomic E-state index is -0.424. The van der Waals surface area contributed by atoms with E-state index in [9.17, 15) is 4.79 Å². The van der Waals surface area contributed by atoms with E-state index in [1.54, 1.807) is 20.3 Å². The number of para-hydroxylation sites is 1. The van der Waals surface area contributed by atoms with E-state index in [2.05, 4.69) is 5.32 Å². The molecule has 1 aliphatic heterocycles. The predicted molar refractivity (Wildman–Crippen MR) is 102 cm³/mol. The van der Waals surface area contributed by atoms with Gasteiger partial charge in [-0.25, -0.2) is 4.79 Å². The van der Waals surface area contributed by atoms with Crippen LogP contribution in [0.2, 0.25) is 0 Å². The normalized spacial score (nSPS) is 16.0. The zero-order valence-corrected chi connectivity index (χ0v) is 15.3. The molecule has 6 nitrogen and oxygen atoms in total. The summed E-state index contributed by atoms with van der Waals surface area (Å²) in [4.78, 5) is 11.8. The van der Waals surface area contributed by atoms with Crippen LogP contribution in [0.1, 0.15) is 17.2 Å². The van der Waals surface area contributed by atoms with Gasteiger partial charge in [0, 0.05) is 0 Å². The Kier molecular flexibility index (Phi) is 4.73. The molecule has 0 spiro atoms. The van der Waals surface area contributed by atoms with Gasteiger partial charge in [-0.3, -0.25) is 0 Å². The fourth-order valence-corrected chi connectivity index (χ4v) is 3.49. The topological polar surface area (TPSA) is 69.9 Å². The third kappa shape index (κ3) is 3.36. The monoisotopic (exact) mass is 367 g/mol. The average Bonchev–Trinajstić information content (AvgIpc) is 2.70. The van der Waals surface area contributed by atoms with Crippen LogP contribution in [0.3, 0.4) is 0 Å². The van der Waals surface area contributed by atoms with Crippen LogP contribution in [0.15, 0.2) is 51.7 Å². The van der Waals surface area contributed by atoms with E-state index in [1.807, 2.05) is 30.3 Å². The van der Waals surface area contributed by atoms with Crippen LogP contribution in [-0.2, 0) is 6.42 Å². The number of benzene rings is 2. The highest BCUT2D eigenvalue weighted by Crippen LogP contribution is 2.35. The molecule has 0 saturated carbocycles. The summed E-state index contributed by atoms with van der Waals surface area (Å²) in [5.74, 6) is 1.94. The molecular weight excluding hydrogens is 346 g/mol. The zero-order valence-electron chi connectivity index (χ0n) is 15.3. The lowest BCUT2D eigenvalue weighted by molar-refractivity contribution is 0.261. The van der Waals surface area contributed by atoms with Gasteiger partial charge < -0.3 is 23.9 Å². The average molecular weight is 367 g/mol. The molecule has 140 valence electrons. The maximum Gasteiger partial charge on any atom is 0.339 e. The largest absolute Gasteiger partial charge is 0.493 e. The highest BCUT2D eigenvalue weighted by atomic mass is 16.5. The highest BCUT2D eigenvalue weighted by Gasteiger charge is 2.23. The first-order valence-electron chi connectivity index (χ1n) is 8.83. The fraction of sp³-hybridized carbons (Fsp3) is 0.286. The lowest BCUT2D eigenvalue weighted by Crippen LogP contribution is -2.33. The first-order chi connectivity index (χ1) is 13.2. The SMILES string of the molecule is COc1cc2c(cc1OC)C(COc1cc(=O)oc3ccccc13)NCC2. The van der Waals surface area contributed by atoms with Crippen molar-refractivity contribution in [3.05, 3.63) is 64.0 Å². The Morgan fingerprint density at radius 1 is 1.07 bits per heavy atom. The van der Waals surface area contributed by atoms with Crippen LogP contribution in [0.4, 0.5) is 0 Å². The maximum absolute atomic E-state index is 11.8. The van der Waals surface area contributed by atoms with Gasteiger partial charge in [0.25, 0.3) is 0 Å². The van der Waals surface area contributed by atoms with Crippen molar-refractivity contribution in [2.45, 2.75) is 12.5 Å². The molecule has 0 fully saturated rings. The first kappa shape index (κ1) is 17.4. The summed E-state index contributed by atoms with van der Waals surface area (Å²) in [5, 5.41) is 4.25. The number of rotatable bonds is 5. The molecular formula is C21H21NO5. The Balaban J connectivity index is 1.63. The van der Waals surface area contributed by atoms with Gasteiger partial charge in [0.05, 0.1) is 31.7 Å². The summed E-state index contributed by atoms with van der Waals surface area (Å²) < 4.78 is 22.1. The molecule has 0 radical (unpaired) electrons. The van der Waals surface area contributed by atoms with Gasteiger partial charge in [0.15, 0.2) is 11.5 Å². The Hall–Kier alpha value is -2.99. The third-order valence-electron chi connectivity index (χ3n) is 4.82. The lowest BCUT2D eigenvalue weighted by atomic mass is 9.94. The van der Waals surface area contributed by atoms with Gasteiger partial charge in [-0.2, -0.15) is 0 Å². The van der Waals surface area contributed by atoms with Crippen LogP contribution in [-0.4, -0.2) is 27.4 Å². The molecule has 2 aromatic carbocycles. The van der Waals surface area contributed by atoms with Crippen molar-refractivity contribution in [1.29, 1.82) is 0 Å². The van der Waals surface area contributed by atoms with Gasteiger partial charge in [-0.1, -0.05) is 12.1 Å². The van der Waals surface area contributed by atoms with Crippen molar-refractivity contribution in [2.24, 2.45) is 0 Å². The Bertz CT molecular complexity index is 1030. The van der Waals surface area contributed by atoms with E-state index in [-0.39, 0.29) is 6.04 Å². The van der Waals surface area contributed by atoms with Crippen LogP contribution < -0.4 is 25.2 Å². The number of fused-ring (bicyclic) bond motifs is 2.